The summed E-state index contributed by atoms with van der Waals surface area (Å²) in [6.45, 7) is 0. The van der Waals surface area contributed by atoms with Crippen LogP contribution in [0.2, 0.25) is 5.02 Å². The van der Waals surface area contributed by atoms with Crippen molar-refractivity contribution in [3.8, 4) is 0 Å². The molecule has 0 saturated carbocycles. The standard InChI is InChI=1S/C11H13ClOS3/c1-14-11(15-2,16-3)10(13)8-6-4-5-7-9(8)12/h4-7H,1-3H3. The van der Waals surface area contributed by atoms with Gasteiger partial charge in [-0.15, -0.1) is 35.3 Å². The lowest BCUT2D eigenvalue weighted by atomic mass is 10.1. The van der Waals surface area contributed by atoms with Gasteiger partial charge in [-0.05, 0) is 30.9 Å². The maximum atomic E-state index is 12.4. The predicted octanol–water partition coefficient (Wildman–Crippen LogP) is 4.27. The first kappa shape index (κ1) is 14.3. The van der Waals surface area contributed by atoms with Gasteiger partial charge < -0.3 is 0 Å². The van der Waals surface area contributed by atoms with Gasteiger partial charge in [0.1, 0.15) is 0 Å². The molecule has 1 aromatic rings. The summed E-state index contributed by atoms with van der Waals surface area (Å²) < 4.78 is -0.495. The number of thioether (sulfide) groups is 3. The van der Waals surface area contributed by atoms with Gasteiger partial charge >= 0.3 is 0 Å². The third kappa shape index (κ3) is 2.73. The zero-order valence-electron chi connectivity index (χ0n) is 9.32. The molecule has 1 nitrogen and oxygen atoms in total. The van der Waals surface area contributed by atoms with Crippen molar-refractivity contribution in [3.05, 3.63) is 34.9 Å². The Morgan fingerprint density at radius 1 is 1.12 bits per heavy atom. The van der Waals surface area contributed by atoms with Crippen molar-refractivity contribution >= 4 is 52.7 Å². The summed E-state index contributed by atoms with van der Waals surface area (Å²) in [5, 5.41) is 0.522. The summed E-state index contributed by atoms with van der Waals surface area (Å²) in [6.07, 6.45) is 5.84. The van der Waals surface area contributed by atoms with Gasteiger partial charge in [-0.3, -0.25) is 4.79 Å². The van der Waals surface area contributed by atoms with Crippen molar-refractivity contribution in [3.63, 3.8) is 0 Å². The van der Waals surface area contributed by atoms with E-state index < -0.39 is 3.41 Å². The van der Waals surface area contributed by atoms with Crippen LogP contribution in [0.15, 0.2) is 24.3 Å². The number of hydrogen-bond donors (Lipinski definition) is 0. The van der Waals surface area contributed by atoms with E-state index in [2.05, 4.69) is 0 Å². The van der Waals surface area contributed by atoms with E-state index in [1.165, 1.54) is 0 Å². The average molecular weight is 293 g/mol. The van der Waals surface area contributed by atoms with Crippen molar-refractivity contribution in [2.75, 3.05) is 18.8 Å². The van der Waals surface area contributed by atoms with Crippen LogP contribution in [0.25, 0.3) is 0 Å². The fourth-order valence-electron chi connectivity index (χ4n) is 1.34. The molecule has 0 spiro atoms. The van der Waals surface area contributed by atoms with Gasteiger partial charge in [0.25, 0.3) is 0 Å². The average Bonchev–Trinajstić information content (AvgIpc) is 2.32. The number of benzene rings is 1. The molecule has 16 heavy (non-hydrogen) atoms. The van der Waals surface area contributed by atoms with E-state index in [-0.39, 0.29) is 5.78 Å². The second-order valence-corrected chi connectivity index (χ2v) is 7.22. The molecule has 0 atom stereocenters. The number of halogens is 1. The van der Waals surface area contributed by atoms with Crippen LogP contribution in [0.4, 0.5) is 0 Å². The smallest absolute Gasteiger partial charge is 0.200 e. The van der Waals surface area contributed by atoms with Crippen LogP contribution in [-0.4, -0.2) is 28.0 Å². The largest absolute Gasteiger partial charge is 0.291 e. The molecule has 0 aliphatic heterocycles. The maximum absolute atomic E-state index is 12.4. The highest BCUT2D eigenvalue weighted by Crippen LogP contribution is 2.46. The fourth-order valence-corrected chi connectivity index (χ4v) is 4.45. The maximum Gasteiger partial charge on any atom is 0.200 e. The normalized spacial score (nSPS) is 11.5. The summed E-state index contributed by atoms with van der Waals surface area (Å²) in [5.41, 5.74) is 0.599. The predicted molar refractivity (Wildman–Crippen MR) is 79.1 cm³/mol. The molecule has 0 aromatic heterocycles. The van der Waals surface area contributed by atoms with Gasteiger partial charge in [-0.2, -0.15) is 0 Å². The van der Waals surface area contributed by atoms with E-state index in [0.717, 1.165) is 0 Å². The second-order valence-electron chi connectivity index (χ2n) is 2.98. The minimum Gasteiger partial charge on any atom is -0.291 e. The van der Waals surface area contributed by atoms with Crippen LogP contribution in [0, 0.1) is 0 Å². The molecule has 0 unspecified atom stereocenters. The molecule has 0 aliphatic carbocycles. The first-order valence-electron chi connectivity index (χ1n) is 4.56. The Bertz CT molecular complexity index is 369. The van der Waals surface area contributed by atoms with Gasteiger partial charge in [0.2, 0.25) is 5.78 Å². The minimum atomic E-state index is -0.495. The SMILES string of the molecule is CSC(SC)(SC)C(=O)c1ccccc1Cl. The van der Waals surface area contributed by atoms with Gasteiger partial charge in [0.15, 0.2) is 3.41 Å². The van der Waals surface area contributed by atoms with Gasteiger partial charge in [-0.25, -0.2) is 0 Å². The quantitative estimate of drug-likeness (QED) is 0.595. The van der Waals surface area contributed by atoms with Gasteiger partial charge in [-0.1, -0.05) is 23.7 Å². The van der Waals surface area contributed by atoms with E-state index in [0.29, 0.717) is 10.6 Å². The minimum absolute atomic E-state index is 0.0746. The van der Waals surface area contributed by atoms with E-state index in [4.69, 9.17) is 11.6 Å². The third-order valence-electron chi connectivity index (χ3n) is 2.20. The van der Waals surface area contributed by atoms with Crippen molar-refractivity contribution in [1.29, 1.82) is 0 Å². The Balaban J connectivity index is 3.14. The summed E-state index contributed by atoms with van der Waals surface area (Å²) in [5.74, 6) is 0.0746. The summed E-state index contributed by atoms with van der Waals surface area (Å²) in [7, 11) is 0. The lowest BCUT2D eigenvalue weighted by molar-refractivity contribution is 0.100. The van der Waals surface area contributed by atoms with Crippen LogP contribution in [-0.2, 0) is 0 Å². The Kier molecular flexibility index (Phi) is 5.57. The van der Waals surface area contributed by atoms with E-state index >= 15 is 0 Å². The van der Waals surface area contributed by atoms with Crippen LogP contribution in [0.3, 0.4) is 0 Å². The van der Waals surface area contributed by atoms with E-state index in [9.17, 15) is 4.79 Å². The molecule has 0 fully saturated rings. The third-order valence-corrected chi connectivity index (χ3v) is 7.70. The molecular weight excluding hydrogens is 280 g/mol. The van der Waals surface area contributed by atoms with Crippen LogP contribution < -0.4 is 0 Å². The number of carbonyl (C=O) groups excluding carboxylic acids is 1. The van der Waals surface area contributed by atoms with E-state index in [1.807, 2.05) is 30.9 Å². The Morgan fingerprint density at radius 2 is 1.62 bits per heavy atom. The molecule has 0 heterocycles. The molecule has 88 valence electrons. The first-order valence-corrected chi connectivity index (χ1v) is 8.61. The topological polar surface area (TPSA) is 17.1 Å². The van der Waals surface area contributed by atoms with Crippen molar-refractivity contribution < 1.29 is 4.79 Å². The molecule has 1 aromatic carbocycles. The van der Waals surface area contributed by atoms with Gasteiger partial charge in [0, 0.05) is 5.56 Å². The highest BCUT2D eigenvalue weighted by atomic mass is 35.5. The molecule has 1 rings (SSSR count). The zero-order chi connectivity index (χ0) is 12.2. The summed E-state index contributed by atoms with van der Waals surface area (Å²) in [4.78, 5) is 12.4. The number of carbonyl (C=O) groups is 1. The first-order chi connectivity index (χ1) is 7.61. The summed E-state index contributed by atoms with van der Waals surface area (Å²) in [6, 6.07) is 7.20. The monoisotopic (exact) mass is 292 g/mol. The van der Waals surface area contributed by atoms with Crippen molar-refractivity contribution in [2.24, 2.45) is 0 Å². The van der Waals surface area contributed by atoms with E-state index in [1.54, 1.807) is 47.4 Å². The molecule has 5 heteroatoms. The molecule has 0 bridgehead atoms. The number of Topliss-reactive ketones (excluding diaryl/α,β-unsaturated/α-hetero) is 1. The molecule has 0 saturated heterocycles. The second kappa shape index (κ2) is 6.24. The highest BCUT2D eigenvalue weighted by molar-refractivity contribution is 8.34. The number of hydrogen-bond acceptors (Lipinski definition) is 4. The molecule has 0 aliphatic rings. The highest BCUT2D eigenvalue weighted by Gasteiger charge is 2.37. The summed E-state index contributed by atoms with van der Waals surface area (Å²) >= 11 is 10.7. The van der Waals surface area contributed by atoms with Crippen molar-refractivity contribution in [2.45, 2.75) is 3.41 Å². The lowest BCUT2D eigenvalue weighted by Crippen LogP contribution is -2.27. The Morgan fingerprint density at radius 3 is 2.06 bits per heavy atom. The van der Waals surface area contributed by atoms with Gasteiger partial charge in [0.05, 0.1) is 5.02 Å². The molecule has 0 radical (unpaired) electrons. The van der Waals surface area contributed by atoms with Crippen LogP contribution in [0.1, 0.15) is 10.4 Å². The number of ketones is 1. The molecule has 0 N–H and O–H groups in total. The Labute approximate surface area is 114 Å². The van der Waals surface area contributed by atoms with Crippen LogP contribution in [0.5, 0.6) is 0 Å². The fraction of sp³-hybridized carbons (Fsp3) is 0.364. The molecule has 0 amide bonds. The van der Waals surface area contributed by atoms with Crippen molar-refractivity contribution in [1.82, 2.24) is 0 Å². The zero-order valence-corrected chi connectivity index (χ0v) is 12.5. The van der Waals surface area contributed by atoms with Crippen LogP contribution >= 0.6 is 46.9 Å². The Hall–Kier alpha value is 0.230. The lowest BCUT2D eigenvalue weighted by Gasteiger charge is -2.26. The molecular formula is C11H13ClOS3. The number of rotatable bonds is 5.